The van der Waals surface area contributed by atoms with Crippen molar-refractivity contribution in [3.63, 3.8) is 0 Å². The number of hydrogen-bond donors (Lipinski definition) is 6. The molecule has 1 aliphatic rings. The van der Waals surface area contributed by atoms with E-state index in [1.807, 2.05) is 13.8 Å². The summed E-state index contributed by atoms with van der Waals surface area (Å²) in [6.07, 6.45) is 9.19. The number of carbonyl (C=O) groups excluding carboxylic acids is 2. The van der Waals surface area contributed by atoms with Gasteiger partial charge in [-0.05, 0) is 98.6 Å². The van der Waals surface area contributed by atoms with E-state index in [4.69, 9.17) is 0 Å². The van der Waals surface area contributed by atoms with Gasteiger partial charge in [0.25, 0.3) is 0 Å². The van der Waals surface area contributed by atoms with Crippen molar-refractivity contribution in [1.29, 1.82) is 0 Å². The van der Waals surface area contributed by atoms with Gasteiger partial charge < -0.3 is 30.6 Å². The quantitative estimate of drug-likeness (QED) is 0.122. The van der Waals surface area contributed by atoms with E-state index in [1.165, 1.54) is 24.1 Å². The van der Waals surface area contributed by atoms with Gasteiger partial charge in [-0.3, -0.25) is 9.59 Å². The third-order valence-corrected chi connectivity index (χ3v) is 8.58. The molecular weight excluding hydrogens is 548 g/mol. The number of benzene rings is 2. The average Bonchev–Trinajstić information content (AvgIpc) is 2.91. The summed E-state index contributed by atoms with van der Waals surface area (Å²) in [6.45, 7) is 12.2. The van der Waals surface area contributed by atoms with Gasteiger partial charge in [0.05, 0.1) is 22.8 Å². The highest BCUT2D eigenvalue weighted by molar-refractivity contribution is 6.36. The summed E-state index contributed by atoms with van der Waals surface area (Å²) in [5.41, 5.74) is -0.443. The lowest BCUT2D eigenvalue weighted by Gasteiger charge is -2.32. The molecule has 3 rings (SSSR count). The van der Waals surface area contributed by atoms with Gasteiger partial charge in [0.15, 0.2) is 5.60 Å². The second-order valence-electron chi connectivity index (χ2n) is 12.7. The molecule has 6 N–H and O–H groups in total. The molecule has 0 radical (unpaired) electrons. The van der Waals surface area contributed by atoms with E-state index in [0.717, 1.165) is 31.3 Å². The lowest BCUT2D eigenvalue weighted by molar-refractivity contribution is -0.0509. The molecule has 2 atom stereocenters. The number of allylic oxidation sites excluding steroid dienone is 5. The molecule has 0 fully saturated rings. The first kappa shape index (κ1) is 34.0. The number of hydrogen-bond acceptors (Lipinski definition) is 8. The summed E-state index contributed by atoms with van der Waals surface area (Å²) < 4.78 is 0. The molecule has 43 heavy (non-hydrogen) atoms. The largest absolute Gasteiger partial charge is 0.507 e. The highest BCUT2D eigenvalue weighted by Crippen LogP contribution is 2.49. The third kappa shape index (κ3) is 7.03. The fourth-order valence-electron chi connectivity index (χ4n) is 5.55. The van der Waals surface area contributed by atoms with Crippen molar-refractivity contribution in [2.24, 2.45) is 0 Å². The number of phenols is 3. The van der Waals surface area contributed by atoms with E-state index < -0.39 is 40.4 Å². The number of rotatable bonds is 12. The van der Waals surface area contributed by atoms with Gasteiger partial charge in [0.2, 0.25) is 11.6 Å². The summed E-state index contributed by atoms with van der Waals surface area (Å²) in [6, 6.07) is 1.31. The Balaban J connectivity index is 1.67. The Hall–Kier alpha value is -3.46. The summed E-state index contributed by atoms with van der Waals surface area (Å²) in [7, 11) is 0. The highest BCUT2D eigenvalue weighted by atomic mass is 16.3. The minimum Gasteiger partial charge on any atom is -0.507 e. The molecule has 8 heteroatoms. The van der Waals surface area contributed by atoms with Crippen LogP contribution in [0.4, 0.5) is 0 Å². The van der Waals surface area contributed by atoms with Gasteiger partial charge in [-0.1, -0.05) is 34.9 Å². The molecule has 0 heterocycles. The minimum absolute atomic E-state index is 0.0455. The molecule has 2 aromatic rings. The number of Topliss-reactive ketones (excluding diaryl/α,β-unsaturated/α-hetero) is 2. The molecule has 0 aliphatic heterocycles. The highest BCUT2D eigenvalue weighted by Gasteiger charge is 2.51. The lowest BCUT2D eigenvalue weighted by atomic mass is 9.73. The normalized spacial score (nSPS) is 19.0. The molecule has 8 nitrogen and oxygen atoms in total. The maximum Gasteiger partial charge on any atom is 0.207 e. The van der Waals surface area contributed by atoms with Crippen LogP contribution in [0.1, 0.15) is 111 Å². The van der Waals surface area contributed by atoms with E-state index in [9.17, 15) is 40.2 Å². The topological polar surface area (TPSA) is 156 Å². The number of carbonyl (C=O) groups is 2. The van der Waals surface area contributed by atoms with Gasteiger partial charge in [0.1, 0.15) is 17.2 Å². The predicted octanol–water partition coefficient (Wildman–Crippen LogP) is 6.38. The van der Waals surface area contributed by atoms with Crippen molar-refractivity contribution < 1.29 is 40.2 Å². The third-order valence-electron chi connectivity index (χ3n) is 8.58. The maximum atomic E-state index is 13.6. The zero-order valence-electron chi connectivity index (χ0n) is 26.3. The van der Waals surface area contributed by atoms with Crippen LogP contribution in [0.15, 0.2) is 41.0 Å². The van der Waals surface area contributed by atoms with Crippen LogP contribution in [-0.2, 0) is 0 Å². The zero-order valence-corrected chi connectivity index (χ0v) is 26.3. The first-order valence-corrected chi connectivity index (χ1v) is 14.8. The van der Waals surface area contributed by atoms with Crippen molar-refractivity contribution in [2.75, 3.05) is 0 Å². The van der Waals surface area contributed by atoms with Gasteiger partial charge in [0, 0.05) is 22.8 Å². The Labute approximate surface area is 253 Å². The second kappa shape index (κ2) is 13.0. The fraction of sp³-hybridized carbons (Fsp3) is 0.486. The summed E-state index contributed by atoms with van der Waals surface area (Å²) >= 11 is 0. The van der Waals surface area contributed by atoms with Gasteiger partial charge in [-0.15, -0.1) is 0 Å². The number of aliphatic hydroxyl groups excluding tert-OH is 1. The minimum atomic E-state index is -2.51. The van der Waals surface area contributed by atoms with Crippen molar-refractivity contribution in [3.05, 3.63) is 63.3 Å². The molecule has 0 saturated carbocycles. The smallest absolute Gasteiger partial charge is 0.207 e. The van der Waals surface area contributed by atoms with Crippen LogP contribution in [0.2, 0.25) is 0 Å². The van der Waals surface area contributed by atoms with Crippen LogP contribution in [0.5, 0.6) is 17.2 Å². The van der Waals surface area contributed by atoms with Crippen LogP contribution >= 0.6 is 0 Å². The van der Waals surface area contributed by atoms with Gasteiger partial charge in [-0.2, -0.15) is 0 Å². The Kier molecular flexibility index (Phi) is 10.3. The van der Waals surface area contributed by atoms with E-state index >= 15 is 0 Å². The van der Waals surface area contributed by atoms with Gasteiger partial charge >= 0.3 is 0 Å². The van der Waals surface area contributed by atoms with Crippen LogP contribution < -0.4 is 0 Å². The van der Waals surface area contributed by atoms with Crippen LogP contribution in [-0.4, -0.2) is 59.5 Å². The number of aromatic hydroxyl groups is 3. The van der Waals surface area contributed by atoms with Crippen LogP contribution in [0.25, 0.3) is 10.8 Å². The van der Waals surface area contributed by atoms with E-state index in [2.05, 4.69) is 19.1 Å². The Morgan fingerprint density at radius 3 is 1.91 bits per heavy atom. The van der Waals surface area contributed by atoms with Crippen molar-refractivity contribution >= 4 is 22.3 Å². The Morgan fingerprint density at radius 1 is 0.837 bits per heavy atom. The molecule has 234 valence electrons. The first-order chi connectivity index (χ1) is 19.9. The standard InChI is InChI=1S/C35H46O8/c1-19(10-8-12-20(2)14-15-25(37)34(6,7)42)11-9-13-21(3)16-17-35(43)32(40)27-24(36)18-22(4)26-28(27)29(33(35)41)31(39)23(5)30(26)38/h11-12,16,18,25,36-39,42-43H,8-10,13-15,17H2,1-7H3/b19-11+,20-12+,21-16+/t25-,35-/m0/s1. The molecular formula is C35H46O8. The van der Waals surface area contributed by atoms with Crippen molar-refractivity contribution in [1.82, 2.24) is 0 Å². The monoisotopic (exact) mass is 594 g/mol. The average molecular weight is 595 g/mol. The second-order valence-corrected chi connectivity index (χ2v) is 12.7. The van der Waals surface area contributed by atoms with Crippen LogP contribution in [0, 0.1) is 13.8 Å². The molecule has 0 amide bonds. The molecule has 0 bridgehead atoms. The Bertz CT molecular complexity index is 1520. The molecule has 0 aromatic heterocycles. The molecule has 0 unspecified atom stereocenters. The Morgan fingerprint density at radius 2 is 1.35 bits per heavy atom. The fourth-order valence-corrected chi connectivity index (χ4v) is 5.55. The molecule has 0 saturated heterocycles. The van der Waals surface area contributed by atoms with E-state index in [-0.39, 0.29) is 39.6 Å². The zero-order chi connectivity index (χ0) is 32.4. The van der Waals surface area contributed by atoms with Gasteiger partial charge in [-0.25, -0.2) is 0 Å². The summed E-state index contributed by atoms with van der Waals surface area (Å²) in [5, 5.41) is 63.5. The van der Waals surface area contributed by atoms with Crippen molar-refractivity contribution in [3.8, 4) is 17.2 Å². The van der Waals surface area contributed by atoms with E-state index in [0.29, 0.717) is 18.4 Å². The van der Waals surface area contributed by atoms with Crippen molar-refractivity contribution in [2.45, 2.75) is 111 Å². The molecule has 1 aliphatic carbocycles. The number of ketones is 2. The van der Waals surface area contributed by atoms with Crippen LogP contribution in [0.3, 0.4) is 0 Å². The summed E-state index contributed by atoms with van der Waals surface area (Å²) in [5.74, 6) is -3.16. The number of aliphatic hydroxyl groups is 3. The van der Waals surface area contributed by atoms with E-state index in [1.54, 1.807) is 26.8 Å². The lowest BCUT2D eigenvalue weighted by Crippen LogP contribution is -2.49. The number of phenolic OH excluding ortho intramolecular Hbond substituents is 3. The summed E-state index contributed by atoms with van der Waals surface area (Å²) in [4.78, 5) is 27.1. The molecule has 2 aromatic carbocycles. The predicted molar refractivity (Wildman–Crippen MR) is 168 cm³/mol. The molecule has 0 spiro atoms. The number of aryl methyl sites for hydroxylation is 1. The maximum absolute atomic E-state index is 13.6. The first-order valence-electron chi connectivity index (χ1n) is 14.8. The SMILES string of the molecule is C/C(=C\CC/C(C)=C/C[C@]1(O)C(=O)c2c(O)cc(C)c3c(O)c(C)c(O)c(c23)C1=O)CC/C=C(\C)CC[C@H](O)C(C)(C)O.